The van der Waals surface area contributed by atoms with Crippen molar-refractivity contribution in [1.82, 2.24) is 5.32 Å². The van der Waals surface area contributed by atoms with Crippen molar-refractivity contribution in [2.24, 2.45) is 11.7 Å². The van der Waals surface area contributed by atoms with Gasteiger partial charge in [-0.25, -0.2) is 0 Å². The molecule has 1 amide bonds. The molecule has 1 atom stereocenters. The first kappa shape index (κ1) is 15.3. The first-order valence-corrected chi connectivity index (χ1v) is 7.13. The zero-order chi connectivity index (χ0) is 15.6. The standard InChI is InChI=1S/C16H18N2O2S/c1-9(2)13(15(17)21)18-16(20)12-8-7-10-5-3-4-6-11(10)14(12)19/h3-9,13,19H,1-2H3,(H2,17,21)(H,18,20). The second-order valence-corrected chi connectivity index (χ2v) is 5.75. The SMILES string of the molecule is CC(C)C(NC(=O)c1ccc2ccccc2c1O)C(N)=S. The number of carbonyl (C=O) groups is 1. The number of carbonyl (C=O) groups excluding carboxylic acids is 1. The number of aromatic hydroxyl groups is 1. The lowest BCUT2D eigenvalue weighted by Crippen LogP contribution is -2.46. The predicted molar refractivity (Wildman–Crippen MR) is 88.5 cm³/mol. The lowest BCUT2D eigenvalue weighted by Gasteiger charge is -2.21. The van der Waals surface area contributed by atoms with Gasteiger partial charge in [-0.3, -0.25) is 4.79 Å². The molecule has 0 saturated carbocycles. The van der Waals surface area contributed by atoms with Gasteiger partial charge in [-0.15, -0.1) is 0 Å². The number of hydrogen-bond donors (Lipinski definition) is 3. The van der Waals surface area contributed by atoms with Gasteiger partial charge in [-0.2, -0.15) is 0 Å². The number of rotatable bonds is 4. The van der Waals surface area contributed by atoms with Crippen LogP contribution in [0.25, 0.3) is 10.8 Å². The number of amides is 1. The van der Waals surface area contributed by atoms with Crippen LogP contribution >= 0.6 is 12.2 Å². The van der Waals surface area contributed by atoms with Crippen LogP contribution in [0.1, 0.15) is 24.2 Å². The van der Waals surface area contributed by atoms with Crippen molar-refractivity contribution < 1.29 is 9.90 Å². The van der Waals surface area contributed by atoms with Crippen LogP contribution in [0.5, 0.6) is 5.75 Å². The molecule has 2 aromatic carbocycles. The smallest absolute Gasteiger partial charge is 0.255 e. The third kappa shape index (κ3) is 3.13. The van der Waals surface area contributed by atoms with Gasteiger partial charge in [-0.1, -0.05) is 56.4 Å². The molecule has 5 heteroatoms. The van der Waals surface area contributed by atoms with Gasteiger partial charge in [0, 0.05) is 5.39 Å². The van der Waals surface area contributed by atoms with Crippen LogP contribution in [0.4, 0.5) is 0 Å². The highest BCUT2D eigenvalue weighted by molar-refractivity contribution is 7.80. The Kier molecular flexibility index (Phi) is 4.43. The maximum absolute atomic E-state index is 12.3. The van der Waals surface area contributed by atoms with Crippen molar-refractivity contribution in [2.75, 3.05) is 0 Å². The highest BCUT2D eigenvalue weighted by Crippen LogP contribution is 2.28. The number of phenolic OH excluding ortho intramolecular Hbond substituents is 1. The van der Waals surface area contributed by atoms with Crippen LogP contribution in [-0.4, -0.2) is 22.0 Å². The van der Waals surface area contributed by atoms with Crippen LogP contribution < -0.4 is 11.1 Å². The summed E-state index contributed by atoms with van der Waals surface area (Å²) in [6.07, 6.45) is 0. The summed E-state index contributed by atoms with van der Waals surface area (Å²) in [7, 11) is 0. The van der Waals surface area contributed by atoms with Gasteiger partial charge in [0.25, 0.3) is 5.91 Å². The Morgan fingerprint density at radius 2 is 1.90 bits per heavy atom. The fourth-order valence-corrected chi connectivity index (χ4v) is 2.55. The van der Waals surface area contributed by atoms with E-state index in [0.29, 0.717) is 5.39 Å². The lowest BCUT2D eigenvalue weighted by atomic mass is 10.0. The average molecular weight is 302 g/mol. The molecular weight excluding hydrogens is 284 g/mol. The number of hydrogen-bond acceptors (Lipinski definition) is 3. The van der Waals surface area contributed by atoms with E-state index < -0.39 is 6.04 Å². The summed E-state index contributed by atoms with van der Waals surface area (Å²) in [5, 5.41) is 14.6. The summed E-state index contributed by atoms with van der Waals surface area (Å²) < 4.78 is 0. The number of fused-ring (bicyclic) bond motifs is 1. The Bertz CT molecular complexity index is 698. The minimum atomic E-state index is -0.404. The first-order valence-electron chi connectivity index (χ1n) is 6.72. The lowest BCUT2D eigenvalue weighted by molar-refractivity contribution is 0.0937. The molecule has 0 bridgehead atoms. The van der Waals surface area contributed by atoms with Crippen molar-refractivity contribution in [3.05, 3.63) is 42.0 Å². The molecule has 110 valence electrons. The van der Waals surface area contributed by atoms with E-state index in [9.17, 15) is 9.90 Å². The number of nitrogens with two attached hydrogens (primary N) is 1. The molecule has 0 aromatic heterocycles. The molecule has 0 radical (unpaired) electrons. The molecule has 0 fully saturated rings. The fourth-order valence-electron chi connectivity index (χ4n) is 2.22. The minimum Gasteiger partial charge on any atom is -0.506 e. The Morgan fingerprint density at radius 1 is 1.24 bits per heavy atom. The van der Waals surface area contributed by atoms with E-state index in [1.807, 2.05) is 32.0 Å². The van der Waals surface area contributed by atoms with E-state index in [0.717, 1.165) is 5.39 Å². The summed E-state index contributed by atoms with van der Waals surface area (Å²) in [4.78, 5) is 12.6. The van der Waals surface area contributed by atoms with Crippen LogP contribution in [0.2, 0.25) is 0 Å². The first-order chi connectivity index (χ1) is 9.91. The van der Waals surface area contributed by atoms with Crippen molar-refractivity contribution in [1.29, 1.82) is 0 Å². The summed E-state index contributed by atoms with van der Waals surface area (Å²) in [5.74, 6) is -0.338. The minimum absolute atomic E-state index is 0.0314. The third-order valence-electron chi connectivity index (χ3n) is 3.41. The van der Waals surface area contributed by atoms with E-state index in [-0.39, 0.29) is 28.1 Å². The second-order valence-electron chi connectivity index (χ2n) is 5.28. The van der Waals surface area contributed by atoms with Gasteiger partial charge in [0.05, 0.1) is 16.6 Å². The molecule has 4 N–H and O–H groups in total. The monoisotopic (exact) mass is 302 g/mol. The summed E-state index contributed by atoms with van der Waals surface area (Å²) in [5.41, 5.74) is 5.86. The molecule has 0 aliphatic rings. The summed E-state index contributed by atoms with van der Waals surface area (Å²) >= 11 is 4.97. The van der Waals surface area contributed by atoms with Crippen LogP contribution in [0, 0.1) is 5.92 Å². The Morgan fingerprint density at radius 3 is 2.52 bits per heavy atom. The molecule has 0 heterocycles. The average Bonchev–Trinajstić information content (AvgIpc) is 2.44. The van der Waals surface area contributed by atoms with Gasteiger partial charge in [-0.05, 0) is 17.4 Å². The number of thiocarbonyl (C=S) groups is 1. The van der Waals surface area contributed by atoms with Crippen molar-refractivity contribution in [3.8, 4) is 5.75 Å². The topological polar surface area (TPSA) is 75.3 Å². The molecule has 0 saturated heterocycles. The third-order valence-corrected chi connectivity index (χ3v) is 3.66. The maximum atomic E-state index is 12.3. The zero-order valence-corrected chi connectivity index (χ0v) is 12.8. The van der Waals surface area contributed by atoms with Gasteiger partial charge < -0.3 is 16.2 Å². The molecule has 0 aliphatic carbocycles. The van der Waals surface area contributed by atoms with Gasteiger partial charge in [0.15, 0.2) is 0 Å². The van der Waals surface area contributed by atoms with E-state index in [1.165, 1.54) is 0 Å². The largest absolute Gasteiger partial charge is 0.506 e. The van der Waals surface area contributed by atoms with Crippen LogP contribution in [0.15, 0.2) is 36.4 Å². The van der Waals surface area contributed by atoms with Gasteiger partial charge in [0.1, 0.15) is 5.75 Å². The predicted octanol–water partition coefficient (Wildman–Crippen LogP) is 2.59. The van der Waals surface area contributed by atoms with Crippen molar-refractivity contribution in [2.45, 2.75) is 19.9 Å². The van der Waals surface area contributed by atoms with Crippen LogP contribution in [-0.2, 0) is 0 Å². The van der Waals surface area contributed by atoms with E-state index in [2.05, 4.69) is 5.32 Å². The maximum Gasteiger partial charge on any atom is 0.255 e. The van der Waals surface area contributed by atoms with Gasteiger partial charge >= 0.3 is 0 Å². The van der Waals surface area contributed by atoms with E-state index in [1.54, 1.807) is 18.2 Å². The molecule has 4 nitrogen and oxygen atoms in total. The Hall–Kier alpha value is -2.14. The normalized spacial score (nSPS) is 12.3. The van der Waals surface area contributed by atoms with Gasteiger partial charge in [0.2, 0.25) is 0 Å². The molecule has 2 rings (SSSR count). The number of nitrogens with one attached hydrogen (secondary N) is 1. The summed E-state index contributed by atoms with van der Waals surface area (Å²) in [6.45, 7) is 3.84. The molecule has 0 spiro atoms. The number of phenols is 1. The molecule has 1 unspecified atom stereocenters. The quantitative estimate of drug-likeness (QED) is 0.759. The van der Waals surface area contributed by atoms with E-state index in [4.69, 9.17) is 18.0 Å². The van der Waals surface area contributed by atoms with Crippen molar-refractivity contribution in [3.63, 3.8) is 0 Å². The second kappa shape index (κ2) is 6.10. The fraction of sp³-hybridized carbons (Fsp3) is 0.250. The Balaban J connectivity index is 2.35. The highest BCUT2D eigenvalue weighted by atomic mass is 32.1. The zero-order valence-electron chi connectivity index (χ0n) is 12.0. The molecule has 0 aliphatic heterocycles. The van der Waals surface area contributed by atoms with E-state index >= 15 is 0 Å². The molecular formula is C16H18N2O2S. The number of benzene rings is 2. The molecule has 2 aromatic rings. The van der Waals surface area contributed by atoms with Crippen LogP contribution in [0.3, 0.4) is 0 Å². The Labute approximate surface area is 129 Å². The highest BCUT2D eigenvalue weighted by Gasteiger charge is 2.21. The van der Waals surface area contributed by atoms with Crippen molar-refractivity contribution >= 4 is 33.9 Å². The molecule has 21 heavy (non-hydrogen) atoms. The summed E-state index contributed by atoms with van der Waals surface area (Å²) in [6, 6.07) is 10.3.